The van der Waals surface area contributed by atoms with Crippen LogP contribution in [0.1, 0.15) is 12.5 Å². The van der Waals surface area contributed by atoms with Gasteiger partial charge in [0.25, 0.3) is 0 Å². The number of halogens is 1. The molecule has 0 aliphatic heterocycles. The molecular weight excluding hydrogens is 332 g/mol. The Morgan fingerprint density at radius 3 is 2.70 bits per heavy atom. The first-order valence-corrected chi connectivity index (χ1v) is 11.9. The van der Waals surface area contributed by atoms with E-state index in [0.29, 0.717) is 28.5 Å². The molecule has 2 N–H and O–H groups in total. The van der Waals surface area contributed by atoms with Gasteiger partial charge >= 0.3 is 0 Å². The zero-order valence-corrected chi connectivity index (χ0v) is 15.9. The Balaban J connectivity index is 2.26. The van der Waals surface area contributed by atoms with E-state index < -0.39 is 8.07 Å². The third-order valence-corrected chi connectivity index (χ3v) is 5.37. The number of nitrogens with zero attached hydrogens (tertiary/aromatic N) is 3. The van der Waals surface area contributed by atoms with Crippen LogP contribution in [0.3, 0.4) is 0 Å². The number of anilines is 1. The number of hydrogen-bond donors (Lipinski definition) is 2. The summed E-state index contributed by atoms with van der Waals surface area (Å²) in [4.78, 5) is 4.35. The molecule has 2 aromatic heterocycles. The fourth-order valence-corrected chi connectivity index (χ4v) is 3.18. The number of fused-ring (bicyclic) bond motifs is 1. The predicted octanol–water partition coefficient (Wildman–Crippen LogP) is 3.32. The summed E-state index contributed by atoms with van der Waals surface area (Å²) in [6, 6.07) is 2.75. The van der Waals surface area contributed by atoms with Crippen molar-refractivity contribution >= 4 is 36.5 Å². The number of aliphatic hydroxyl groups excluding tert-OH is 1. The molecule has 0 aliphatic rings. The van der Waals surface area contributed by atoms with Gasteiger partial charge in [0.1, 0.15) is 22.9 Å². The Hall–Kier alpha value is -1.15. The van der Waals surface area contributed by atoms with Gasteiger partial charge in [-0.3, -0.25) is 0 Å². The van der Waals surface area contributed by atoms with Gasteiger partial charge in [0.15, 0.2) is 5.82 Å². The van der Waals surface area contributed by atoms with Crippen molar-refractivity contribution in [3.63, 3.8) is 0 Å². The van der Waals surface area contributed by atoms with Crippen LogP contribution in [0.2, 0.25) is 30.8 Å². The van der Waals surface area contributed by atoms with Crippen molar-refractivity contribution < 1.29 is 9.84 Å². The zero-order chi connectivity index (χ0) is 17.0. The number of nitrogens with one attached hydrogen (secondary N) is 1. The van der Waals surface area contributed by atoms with E-state index in [9.17, 15) is 5.11 Å². The molecule has 2 rings (SSSR count). The maximum absolute atomic E-state index is 9.51. The first-order valence-electron chi connectivity index (χ1n) is 7.84. The average molecular weight is 357 g/mol. The molecule has 0 radical (unpaired) electrons. The van der Waals surface area contributed by atoms with Crippen molar-refractivity contribution in [1.29, 1.82) is 0 Å². The van der Waals surface area contributed by atoms with Gasteiger partial charge in [-0.15, -0.1) is 0 Å². The molecule has 0 aliphatic carbocycles. The molecule has 0 saturated carbocycles. The van der Waals surface area contributed by atoms with E-state index in [1.807, 2.05) is 6.92 Å². The van der Waals surface area contributed by atoms with E-state index in [0.717, 1.165) is 25.0 Å². The van der Waals surface area contributed by atoms with E-state index >= 15 is 0 Å². The van der Waals surface area contributed by atoms with Crippen LogP contribution in [0.5, 0.6) is 0 Å². The number of pyridine rings is 1. The maximum Gasteiger partial charge on any atom is 0.153 e. The normalized spacial score (nSPS) is 12.1. The van der Waals surface area contributed by atoms with Crippen LogP contribution in [0, 0.1) is 0 Å². The summed E-state index contributed by atoms with van der Waals surface area (Å²) in [6.45, 7) is 10.7. The topological polar surface area (TPSA) is 72.2 Å². The molecule has 0 amide bonds. The Kier molecular flexibility index (Phi) is 6.02. The van der Waals surface area contributed by atoms with Crippen LogP contribution >= 0.6 is 11.6 Å². The highest BCUT2D eigenvalue weighted by Gasteiger charge is 2.17. The fourth-order valence-electron chi connectivity index (χ4n) is 2.21. The van der Waals surface area contributed by atoms with Crippen LogP contribution < -0.4 is 5.32 Å². The third-order valence-electron chi connectivity index (χ3n) is 3.47. The third kappa shape index (κ3) is 4.66. The Labute approximate surface area is 142 Å². The molecule has 0 unspecified atom stereocenters. The molecule has 2 aromatic rings. The lowest BCUT2D eigenvalue weighted by atomic mass is 10.2. The zero-order valence-electron chi connectivity index (χ0n) is 14.2. The minimum atomic E-state index is -1.11. The first-order chi connectivity index (χ1) is 10.9. The molecule has 0 saturated heterocycles. The van der Waals surface area contributed by atoms with E-state index in [1.54, 1.807) is 10.7 Å². The van der Waals surface area contributed by atoms with E-state index in [4.69, 9.17) is 16.3 Å². The van der Waals surface area contributed by atoms with Gasteiger partial charge in [0, 0.05) is 26.8 Å². The largest absolute Gasteiger partial charge is 0.392 e. The molecule has 0 spiro atoms. The lowest BCUT2D eigenvalue weighted by molar-refractivity contribution is 0.0804. The van der Waals surface area contributed by atoms with Crippen LogP contribution in [0.15, 0.2) is 6.07 Å². The van der Waals surface area contributed by atoms with Gasteiger partial charge in [0.2, 0.25) is 0 Å². The highest BCUT2D eigenvalue weighted by atomic mass is 35.5. The first kappa shape index (κ1) is 18.2. The van der Waals surface area contributed by atoms with Crippen molar-refractivity contribution in [2.45, 2.75) is 45.9 Å². The molecule has 0 bridgehead atoms. The van der Waals surface area contributed by atoms with Gasteiger partial charge in [-0.1, -0.05) is 31.2 Å². The lowest BCUT2D eigenvalue weighted by Crippen LogP contribution is -2.22. The van der Waals surface area contributed by atoms with E-state index in [2.05, 4.69) is 35.0 Å². The van der Waals surface area contributed by atoms with Crippen molar-refractivity contribution in [2.24, 2.45) is 0 Å². The standard InChI is InChI=1S/C15H25ClN4O2Si/c1-5-17-15-14-13(11(9-21)8-12(16)18-14)19-20(15)10-22-6-7-23(2,3)4/h8,17,21H,5-7,9-10H2,1-4H3. The van der Waals surface area contributed by atoms with Crippen LogP contribution in [0.4, 0.5) is 5.82 Å². The summed E-state index contributed by atoms with van der Waals surface area (Å²) in [5.41, 5.74) is 1.99. The van der Waals surface area contributed by atoms with Gasteiger partial charge in [-0.05, 0) is 19.0 Å². The highest BCUT2D eigenvalue weighted by Crippen LogP contribution is 2.27. The molecule has 0 atom stereocenters. The minimum absolute atomic E-state index is 0.127. The Bertz CT molecular complexity index is 670. The monoisotopic (exact) mass is 356 g/mol. The van der Waals surface area contributed by atoms with Crippen LogP contribution in [-0.4, -0.2) is 41.1 Å². The number of aliphatic hydroxyl groups is 1. The second-order valence-electron chi connectivity index (χ2n) is 6.69. The molecule has 6 nitrogen and oxygen atoms in total. The van der Waals surface area contributed by atoms with Crippen molar-refractivity contribution in [2.75, 3.05) is 18.5 Å². The predicted molar refractivity (Wildman–Crippen MR) is 96.7 cm³/mol. The summed E-state index contributed by atoms with van der Waals surface area (Å²) >= 11 is 6.05. The second-order valence-corrected chi connectivity index (χ2v) is 12.7. The van der Waals surface area contributed by atoms with Gasteiger partial charge in [-0.25, -0.2) is 9.67 Å². The smallest absolute Gasteiger partial charge is 0.153 e. The van der Waals surface area contributed by atoms with Gasteiger partial charge < -0.3 is 15.2 Å². The summed E-state index contributed by atoms with van der Waals surface area (Å²) in [7, 11) is -1.11. The summed E-state index contributed by atoms with van der Waals surface area (Å²) in [6.07, 6.45) is 0. The number of ether oxygens (including phenoxy) is 1. The molecule has 0 fully saturated rings. The number of hydrogen-bond acceptors (Lipinski definition) is 5. The summed E-state index contributed by atoms with van der Waals surface area (Å²) in [5, 5.41) is 17.7. The molecule has 0 aromatic carbocycles. The lowest BCUT2D eigenvalue weighted by Gasteiger charge is -2.15. The average Bonchev–Trinajstić information content (AvgIpc) is 2.80. The molecule has 128 valence electrons. The molecular formula is C15H25ClN4O2Si. The second kappa shape index (κ2) is 7.61. The molecule has 8 heteroatoms. The van der Waals surface area contributed by atoms with E-state index in [1.165, 1.54) is 0 Å². The van der Waals surface area contributed by atoms with Crippen LogP contribution in [-0.2, 0) is 18.1 Å². The van der Waals surface area contributed by atoms with E-state index in [-0.39, 0.29) is 6.61 Å². The SMILES string of the molecule is CCNc1c2nc(Cl)cc(CO)c2nn1COCC[Si](C)(C)C. The van der Waals surface area contributed by atoms with Crippen LogP contribution in [0.25, 0.3) is 11.0 Å². The Morgan fingerprint density at radius 2 is 2.09 bits per heavy atom. The van der Waals surface area contributed by atoms with Crippen molar-refractivity contribution in [3.8, 4) is 0 Å². The quantitative estimate of drug-likeness (QED) is 0.431. The fraction of sp³-hybridized carbons (Fsp3) is 0.600. The summed E-state index contributed by atoms with van der Waals surface area (Å²) in [5.74, 6) is 0.771. The van der Waals surface area contributed by atoms with Crippen molar-refractivity contribution in [3.05, 3.63) is 16.8 Å². The minimum Gasteiger partial charge on any atom is -0.392 e. The summed E-state index contributed by atoms with van der Waals surface area (Å²) < 4.78 is 7.54. The van der Waals surface area contributed by atoms with Gasteiger partial charge in [-0.2, -0.15) is 5.10 Å². The number of rotatable bonds is 8. The highest BCUT2D eigenvalue weighted by molar-refractivity contribution is 6.76. The Morgan fingerprint density at radius 1 is 1.35 bits per heavy atom. The number of aromatic nitrogens is 3. The van der Waals surface area contributed by atoms with Gasteiger partial charge in [0.05, 0.1) is 6.61 Å². The molecule has 2 heterocycles. The maximum atomic E-state index is 9.51. The van der Waals surface area contributed by atoms with Crippen molar-refractivity contribution in [1.82, 2.24) is 14.8 Å². The molecule has 23 heavy (non-hydrogen) atoms.